The first-order valence-electron chi connectivity index (χ1n) is 10.9. The Bertz CT molecular complexity index is 1010. The van der Waals surface area contributed by atoms with Crippen molar-refractivity contribution in [3.05, 3.63) is 34.2 Å². The van der Waals surface area contributed by atoms with Crippen molar-refractivity contribution in [2.24, 2.45) is 23.2 Å². The number of thiophene rings is 1. The van der Waals surface area contributed by atoms with Gasteiger partial charge in [-0.15, -0.1) is 11.3 Å². The van der Waals surface area contributed by atoms with Crippen molar-refractivity contribution in [2.75, 3.05) is 6.54 Å². The molecule has 164 valence electrons. The van der Waals surface area contributed by atoms with Crippen LogP contribution in [0.1, 0.15) is 54.6 Å². The van der Waals surface area contributed by atoms with Crippen LogP contribution in [-0.2, 0) is 9.59 Å². The number of carbonyl (C=O) groups is 3. The quantitative estimate of drug-likeness (QED) is 0.590. The summed E-state index contributed by atoms with van der Waals surface area (Å²) in [5, 5.41) is 3.79. The Balaban J connectivity index is 1.10. The van der Waals surface area contributed by atoms with Crippen molar-refractivity contribution in [1.82, 2.24) is 16.2 Å². The molecule has 4 aliphatic rings. The Hall–Kier alpha value is -2.12. The van der Waals surface area contributed by atoms with Gasteiger partial charge in [0.1, 0.15) is 4.88 Å². The van der Waals surface area contributed by atoms with Crippen molar-refractivity contribution in [1.29, 1.82) is 0 Å². The van der Waals surface area contributed by atoms with Crippen molar-refractivity contribution < 1.29 is 14.4 Å². The summed E-state index contributed by atoms with van der Waals surface area (Å²) in [5.41, 5.74) is 5.09. The molecule has 8 heteroatoms. The van der Waals surface area contributed by atoms with Crippen molar-refractivity contribution in [2.45, 2.75) is 44.9 Å². The fraction of sp³-hybridized carbons (Fsp3) is 0.522. The lowest BCUT2D eigenvalue weighted by molar-refractivity contribution is -0.134. The fourth-order valence-electron chi connectivity index (χ4n) is 6.48. The van der Waals surface area contributed by atoms with Gasteiger partial charge in [-0.05, 0) is 67.8 Å². The van der Waals surface area contributed by atoms with E-state index < -0.39 is 11.8 Å². The maximum Gasteiger partial charge on any atom is 0.263 e. The maximum absolute atomic E-state index is 12.5. The number of fused-ring (bicyclic) bond motifs is 1. The zero-order valence-corrected chi connectivity index (χ0v) is 18.8. The van der Waals surface area contributed by atoms with Gasteiger partial charge in [-0.3, -0.25) is 25.2 Å². The highest BCUT2D eigenvalue weighted by molar-refractivity contribution is 7.21. The number of benzene rings is 1. The lowest BCUT2D eigenvalue weighted by atomic mass is 9.49. The highest BCUT2D eigenvalue weighted by Gasteiger charge is 2.51. The van der Waals surface area contributed by atoms with E-state index in [1.165, 1.54) is 30.6 Å². The molecule has 0 radical (unpaired) electrons. The zero-order valence-electron chi connectivity index (χ0n) is 17.2. The minimum Gasteiger partial charge on any atom is -0.342 e. The van der Waals surface area contributed by atoms with Crippen molar-refractivity contribution in [3.8, 4) is 0 Å². The van der Waals surface area contributed by atoms with Crippen LogP contribution in [0.15, 0.2) is 24.3 Å². The van der Waals surface area contributed by atoms with Gasteiger partial charge in [0.15, 0.2) is 0 Å². The third kappa shape index (κ3) is 4.17. The van der Waals surface area contributed by atoms with Crippen LogP contribution in [0.4, 0.5) is 0 Å². The van der Waals surface area contributed by atoms with Crippen LogP contribution in [0, 0.1) is 23.2 Å². The van der Waals surface area contributed by atoms with Crippen LogP contribution >= 0.6 is 22.9 Å². The molecule has 0 saturated heterocycles. The summed E-state index contributed by atoms with van der Waals surface area (Å²) in [5.74, 6) is 1.33. The average Bonchev–Trinajstić information content (AvgIpc) is 3.06. The number of amides is 3. The summed E-state index contributed by atoms with van der Waals surface area (Å²) in [6.07, 6.45) is 7.91. The summed E-state index contributed by atoms with van der Waals surface area (Å²) < 4.78 is 0.916. The molecule has 6 rings (SSSR count). The molecule has 0 spiro atoms. The number of carbonyl (C=O) groups excluding carboxylic acids is 3. The molecule has 1 heterocycles. The number of rotatable bonds is 5. The van der Waals surface area contributed by atoms with Crippen LogP contribution in [0.3, 0.4) is 0 Å². The molecule has 1 aromatic heterocycles. The molecule has 2 aromatic rings. The Labute approximate surface area is 190 Å². The normalized spacial score (nSPS) is 28.5. The van der Waals surface area contributed by atoms with Gasteiger partial charge in [-0.25, -0.2) is 0 Å². The highest BCUT2D eigenvalue weighted by Crippen LogP contribution is 2.61. The molecule has 0 unspecified atom stereocenters. The molecule has 4 saturated carbocycles. The highest BCUT2D eigenvalue weighted by atomic mass is 35.5. The standard InChI is InChI=1S/C23H26ClN3O3S/c24-20-16-3-1-2-4-17(16)31-21(20)22(30)25-12-19(29)27-26-18(28)11-23-8-13-5-14(9-23)7-15(6-13)10-23/h1-4,13-15H,5-12H2,(H,25,30)(H,26,28)(H,27,29). The fourth-order valence-corrected chi connectivity index (χ4v) is 7.91. The Morgan fingerprint density at radius 3 is 2.23 bits per heavy atom. The molecular weight excluding hydrogens is 434 g/mol. The van der Waals surface area contributed by atoms with E-state index in [0.717, 1.165) is 47.1 Å². The summed E-state index contributed by atoms with van der Waals surface area (Å²) in [4.78, 5) is 37.5. The molecule has 4 aliphatic carbocycles. The Morgan fingerprint density at radius 1 is 0.968 bits per heavy atom. The van der Waals surface area contributed by atoms with Crippen LogP contribution < -0.4 is 16.2 Å². The van der Waals surface area contributed by atoms with Gasteiger partial charge in [0, 0.05) is 16.5 Å². The molecule has 6 nitrogen and oxygen atoms in total. The van der Waals surface area contributed by atoms with Crippen LogP contribution in [0.2, 0.25) is 5.02 Å². The second-order valence-corrected chi connectivity index (χ2v) is 11.0. The Kier molecular flexibility index (Phi) is 5.42. The minimum absolute atomic E-state index is 0.121. The molecule has 1 aromatic carbocycles. The van der Waals surface area contributed by atoms with Gasteiger partial charge in [0.2, 0.25) is 5.91 Å². The molecule has 4 fully saturated rings. The van der Waals surface area contributed by atoms with Crippen LogP contribution in [0.5, 0.6) is 0 Å². The topological polar surface area (TPSA) is 87.3 Å². The number of hydrogen-bond donors (Lipinski definition) is 3. The van der Waals surface area contributed by atoms with E-state index in [2.05, 4.69) is 16.2 Å². The summed E-state index contributed by atoms with van der Waals surface area (Å²) in [6, 6.07) is 7.50. The van der Waals surface area contributed by atoms with Gasteiger partial charge >= 0.3 is 0 Å². The van der Waals surface area contributed by atoms with E-state index in [9.17, 15) is 14.4 Å². The lowest BCUT2D eigenvalue weighted by Crippen LogP contribution is -2.51. The van der Waals surface area contributed by atoms with Gasteiger partial charge in [0.05, 0.1) is 11.6 Å². The van der Waals surface area contributed by atoms with Gasteiger partial charge in [-0.2, -0.15) is 0 Å². The first-order valence-corrected chi connectivity index (χ1v) is 12.1. The van der Waals surface area contributed by atoms with Gasteiger partial charge in [0.25, 0.3) is 11.8 Å². The third-order valence-corrected chi connectivity index (χ3v) is 8.87. The zero-order chi connectivity index (χ0) is 21.6. The van der Waals surface area contributed by atoms with Crippen LogP contribution in [0.25, 0.3) is 10.1 Å². The molecule has 3 amide bonds. The second-order valence-electron chi connectivity index (χ2n) is 9.61. The van der Waals surface area contributed by atoms with E-state index in [4.69, 9.17) is 11.6 Å². The van der Waals surface area contributed by atoms with Gasteiger partial charge < -0.3 is 5.32 Å². The number of hydrogen-bond acceptors (Lipinski definition) is 4. The van der Waals surface area contributed by atoms with E-state index in [1.807, 2.05) is 24.3 Å². The van der Waals surface area contributed by atoms with E-state index in [0.29, 0.717) is 16.3 Å². The molecule has 4 bridgehead atoms. The molecule has 3 N–H and O–H groups in total. The number of nitrogens with one attached hydrogen (secondary N) is 3. The van der Waals surface area contributed by atoms with Gasteiger partial charge in [-0.1, -0.05) is 29.8 Å². The largest absolute Gasteiger partial charge is 0.342 e. The van der Waals surface area contributed by atoms with E-state index in [1.54, 1.807) is 0 Å². The summed E-state index contributed by atoms with van der Waals surface area (Å²) >= 11 is 7.60. The first kappa shape index (κ1) is 20.8. The van der Waals surface area contributed by atoms with E-state index in [-0.39, 0.29) is 17.9 Å². The molecule has 31 heavy (non-hydrogen) atoms. The Morgan fingerprint density at radius 2 is 1.58 bits per heavy atom. The predicted molar refractivity (Wildman–Crippen MR) is 121 cm³/mol. The first-order chi connectivity index (χ1) is 14.9. The average molecular weight is 460 g/mol. The van der Waals surface area contributed by atoms with Crippen molar-refractivity contribution in [3.63, 3.8) is 0 Å². The minimum atomic E-state index is -0.468. The maximum atomic E-state index is 12.5. The predicted octanol–water partition coefficient (Wildman–Crippen LogP) is 4.04. The van der Waals surface area contributed by atoms with E-state index >= 15 is 0 Å². The monoisotopic (exact) mass is 459 g/mol. The smallest absolute Gasteiger partial charge is 0.263 e. The third-order valence-electron chi connectivity index (χ3n) is 7.19. The number of halogens is 1. The molecular formula is C23H26ClN3O3S. The summed E-state index contributed by atoms with van der Waals surface area (Å²) in [7, 11) is 0. The molecule has 0 aliphatic heterocycles. The van der Waals surface area contributed by atoms with Crippen LogP contribution in [-0.4, -0.2) is 24.3 Å². The second kappa shape index (κ2) is 8.10. The molecule has 0 atom stereocenters. The number of hydrazine groups is 1. The lowest BCUT2D eigenvalue weighted by Gasteiger charge is -2.56. The SMILES string of the molecule is O=C(CNC(=O)c1sc2ccccc2c1Cl)NNC(=O)CC12CC3CC(CC(C3)C1)C2. The summed E-state index contributed by atoms with van der Waals surface area (Å²) in [6.45, 7) is -0.235. The van der Waals surface area contributed by atoms with Crippen molar-refractivity contribution >= 4 is 50.7 Å².